The molecule has 0 aliphatic heterocycles. The molecule has 0 amide bonds. The van der Waals surface area contributed by atoms with Crippen LogP contribution in [0.25, 0.3) is 5.57 Å². The Hall–Kier alpha value is -3.34. The van der Waals surface area contributed by atoms with Gasteiger partial charge in [0.1, 0.15) is 12.4 Å². The van der Waals surface area contributed by atoms with Gasteiger partial charge in [0.15, 0.2) is 0 Å². The fraction of sp³-hybridized carbons (Fsp3) is 0.280. The van der Waals surface area contributed by atoms with Crippen molar-refractivity contribution in [1.29, 1.82) is 0 Å². The van der Waals surface area contributed by atoms with Gasteiger partial charge in [-0.05, 0) is 47.2 Å². The quantitative estimate of drug-likeness (QED) is 0.702. The lowest BCUT2D eigenvalue weighted by atomic mass is 9.68. The summed E-state index contributed by atoms with van der Waals surface area (Å²) in [5.74, 6) is -0.874. The van der Waals surface area contributed by atoms with Crippen molar-refractivity contribution >= 4 is 17.5 Å². The first-order chi connectivity index (χ1) is 14.6. The van der Waals surface area contributed by atoms with Gasteiger partial charge in [0.2, 0.25) is 0 Å². The van der Waals surface area contributed by atoms with E-state index >= 15 is 0 Å². The number of rotatable bonds is 5. The zero-order valence-electron chi connectivity index (χ0n) is 17.1. The molecule has 0 N–H and O–H groups in total. The second kappa shape index (κ2) is 8.57. The molecule has 4 rings (SSSR count). The molecular formula is C25H24O5. The van der Waals surface area contributed by atoms with Crippen LogP contribution in [0.15, 0.2) is 66.3 Å². The predicted octanol–water partition coefficient (Wildman–Crippen LogP) is 4.11. The van der Waals surface area contributed by atoms with Crippen LogP contribution >= 0.6 is 0 Å². The molecule has 0 saturated heterocycles. The smallest absolute Gasteiger partial charge is 0.335 e. The maximum absolute atomic E-state index is 12.9. The Labute approximate surface area is 176 Å². The number of benzene rings is 2. The summed E-state index contributed by atoms with van der Waals surface area (Å²) in [7, 11) is 3.01. The average molecular weight is 404 g/mol. The molecule has 0 spiro atoms. The molecule has 0 fully saturated rings. The minimum Gasteiger partial charge on any atom is -0.497 e. The number of hydrogen-bond acceptors (Lipinski definition) is 5. The molecule has 30 heavy (non-hydrogen) atoms. The molecule has 2 aliphatic rings. The molecule has 2 aliphatic carbocycles. The summed E-state index contributed by atoms with van der Waals surface area (Å²) >= 11 is 0. The second-order valence-corrected chi connectivity index (χ2v) is 7.47. The topological polar surface area (TPSA) is 61.8 Å². The van der Waals surface area contributed by atoms with Crippen molar-refractivity contribution in [3.8, 4) is 5.75 Å². The largest absolute Gasteiger partial charge is 0.497 e. The Kier molecular flexibility index (Phi) is 5.70. The predicted molar refractivity (Wildman–Crippen MR) is 113 cm³/mol. The van der Waals surface area contributed by atoms with Crippen LogP contribution in [0.2, 0.25) is 0 Å². The van der Waals surface area contributed by atoms with Crippen molar-refractivity contribution in [2.45, 2.75) is 19.4 Å². The van der Waals surface area contributed by atoms with Crippen LogP contribution in [0.1, 0.15) is 23.1 Å². The number of methoxy groups -OCH3 is 2. The number of hydrogen-bond donors (Lipinski definition) is 0. The van der Waals surface area contributed by atoms with E-state index in [1.54, 1.807) is 13.2 Å². The summed E-state index contributed by atoms with van der Waals surface area (Å²) in [5.41, 5.74) is 4.57. The molecule has 0 aromatic heterocycles. The van der Waals surface area contributed by atoms with E-state index in [0.717, 1.165) is 35.3 Å². The normalized spacial score (nSPS) is 19.5. The van der Waals surface area contributed by atoms with Gasteiger partial charge in [-0.3, -0.25) is 4.79 Å². The number of carbonyl (C=O) groups is 2. The van der Waals surface area contributed by atoms with Gasteiger partial charge >= 0.3 is 11.9 Å². The minimum atomic E-state index is -0.673. The molecular weight excluding hydrogens is 380 g/mol. The Morgan fingerprint density at radius 2 is 1.83 bits per heavy atom. The molecule has 154 valence electrons. The van der Waals surface area contributed by atoms with Crippen LogP contribution in [0.4, 0.5) is 0 Å². The fourth-order valence-electron chi connectivity index (χ4n) is 4.33. The summed E-state index contributed by atoms with van der Waals surface area (Å²) in [6.07, 6.45) is 5.19. The number of aryl methyl sites for hydroxylation is 1. The molecule has 0 unspecified atom stereocenters. The maximum atomic E-state index is 12.9. The van der Waals surface area contributed by atoms with Crippen molar-refractivity contribution in [1.82, 2.24) is 0 Å². The summed E-state index contributed by atoms with van der Waals surface area (Å²) in [4.78, 5) is 25.6. The third-order valence-corrected chi connectivity index (χ3v) is 5.83. The van der Waals surface area contributed by atoms with E-state index in [4.69, 9.17) is 14.2 Å². The maximum Gasteiger partial charge on any atom is 0.335 e. The van der Waals surface area contributed by atoms with Crippen molar-refractivity contribution in [2.75, 3.05) is 14.2 Å². The van der Waals surface area contributed by atoms with Crippen LogP contribution in [-0.4, -0.2) is 26.2 Å². The van der Waals surface area contributed by atoms with E-state index in [1.165, 1.54) is 12.7 Å². The van der Waals surface area contributed by atoms with E-state index in [9.17, 15) is 9.59 Å². The SMILES string of the molecule is COC(=O)[C@H]1C(C(=O)OCc2ccccc2)=CC=C2c3ccc(OC)cc3CC[C@@H]21. The third-order valence-electron chi connectivity index (χ3n) is 5.83. The zero-order valence-corrected chi connectivity index (χ0v) is 17.1. The van der Waals surface area contributed by atoms with Crippen molar-refractivity contribution in [2.24, 2.45) is 11.8 Å². The van der Waals surface area contributed by atoms with Gasteiger partial charge < -0.3 is 14.2 Å². The highest BCUT2D eigenvalue weighted by molar-refractivity contribution is 5.99. The summed E-state index contributed by atoms with van der Waals surface area (Å²) in [6.45, 7) is 0.161. The van der Waals surface area contributed by atoms with E-state index in [2.05, 4.69) is 0 Å². The Morgan fingerprint density at radius 1 is 1.03 bits per heavy atom. The fourth-order valence-corrected chi connectivity index (χ4v) is 4.33. The summed E-state index contributed by atoms with van der Waals surface area (Å²) in [5, 5.41) is 0. The molecule has 0 radical (unpaired) electrons. The summed E-state index contributed by atoms with van der Waals surface area (Å²) < 4.78 is 15.9. The van der Waals surface area contributed by atoms with E-state index in [1.807, 2.05) is 54.6 Å². The highest BCUT2D eigenvalue weighted by Crippen LogP contribution is 2.45. The van der Waals surface area contributed by atoms with Gasteiger partial charge in [-0.15, -0.1) is 0 Å². The van der Waals surface area contributed by atoms with Gasteiger partial charge in [-0.2, -0.15) is 0 Å². The summed E-state index contributed by atoms with van der Waals surface area (Å²) in [6, 6.07) is 15.5. The standard InChI is InChI=1S/C25H24O5/c1-28-18-9-11-19-17(14-18)8-10-21-20(19)12-13-22(23(21)25(27)29-2)24(26)30-15-16-6-4-3-5-7-16/h3-7,9,11-14,21,23H,8,10,15H2,1-2H3/t21-,23+/m0/s1. The lowest BCUT2D eigenvalue weighted by molar-refractivity contribution is -0.150. The lowest BCUT2D eigenvalue weighted by Gasteiger charge is -2.35. The van der Waals surface area contributed by atoms with Gasteiger partial charge in [-0.1, -0.05) is 48.6 Å². The van der Waals surface area contributed by atoms with Crippen LogP contribution in [-0.2, 0) is 32.1 Å². The van der Waals surface area contributed by atoms with Crippen molar-refractivity contribution in [3.63, 3.8) is 0 Å². The average Bonchev–Trinajstić information content (AvgIpc) is 2.81. The molecule has 0 bridgehead atoms. The van der Waals surface area contributed by atoms with Gasteiger partial charge in [0.25, 0.3) is 0 Å². The van der Waals surface area contributed by atoms with E-state index < -0.39 is 17.9 Å². The zero-order chi connectivity index (χ0) is 21.1. The number of fused-ring (bicyclic) bond motifs is 3. The molecule has 2 aromatic carbocycles. The van der Waals surface area contributed by atoms with Crippen molar-refractivity contribution < 1.29 is 23.8 Å². The molecule has 0 heterocycles. The minimum absolute atomic E-state index is 0.123. The highest BCUT2D eigenvalue weighted by Gasteiger charge is 2.42. The third kappa shape index (κ3) is 3.75. The van der Waals surface area contributed by atoms with Crippen LogP contribution in [0.5, 0.6) is 5.75 Å². The number of carbonyl (C=O) groups excluding carboxylic acids is 2. The van der Waals surface area contributed by atoms with E-state index in [0.29, 0.717) is 5.57 Å². The second-order valence-electron chi connectivity index (χ2n) is 7.47. The van der Waals surface area contributed by atoms with Crippen LogP contribution in [0, 0.1) is 11.8 Å². The van der Waals surface area contributed by atoms with Gasteiger partial charge in [0, 0.05) is 5.92 Å². The number of allylic oxidation sites excluding steroid dienone is 3. The molecule has 2 aromatic rings. The molecule has 5 nitrogen and oxygen atoms in total. The molecule has 2 atom stereocenters. The first-order valence-corrected chi connectivity index (χ1v) is 10.00. The van der Waals surface area contributed by atoms with Crippen molar-refractivity contribution in [3.05, 3.63) is 82.9 Å². The first kappa shape index (κ1) is 20.0. The monoisotopic (exact) mass is 404 g/mol. The van der Waals surface area contributed by atoms with Crippen LogP contribution < -0.4 is 4.74 Å². The van der Waals surface area contributed by atoms with E-state index in [-0.39, 0.29) is 12.5 Å². The Balaban J connectivity index is 1.64. The molecule has 0 saturated carbocycles. The Bertz CT molecular complexity index is 1020. The van der Waals surface area contributed by atoms with Gasteiger partial charge in [-0.25, -0.2) is 4.79 Å². The highest BCUT2D eigenvalue weighted by atomic mass is 16.5. The number of esters is 2. The number of ether oxygens (including phenoxy) is 3. The van der Waals surface area contributed by atoms with Crippen LogP contribution in [0.3, 0.4) is 0 Å². The molecule has 5 heteroatoms. The first-order valence-electron chi connectivity index (χ1n) is 10.00. The lowest BCUT2D eigenvalue weighted by Crippen LogP contribution is -2.35. The van der Waals surface area contributed by atoms with Gasteiger partial charge in [0.05, 0.1) is 25.7 Å². The Morgan fingerprint density at radius 3 is 2.57 bits per heavy atom.